The number of benzene rings is 1. The minimum absolute atomic E-state index is 0.0681. The van der Waals surface area contributed by atoms with Crippen LogP contribution in [-0.4, -0.2) is 33.1 Å². The summed E-state index contributed by atoms with van der Waals surface area (Å²) in [6.07, 6.45) is 1.74. The minimum atomic E-state index is -0.965. The minimum Gasteiger partial charge on any atom is -0.478 e. The molecule has 24 heavy (non-hydrogen) atoms. The Bertz CT molecular complexity index is 721. The van der Waals surface area contributed by atoms with E-state index in [2.05, 4.69) is 10.1 Å². The average molecular weight is 329 g/mol. The quantitative estimate of drug-likeness (QED) is 0.861. The molecule has 128 valence electrons. The fourth-order valence-electron chi connectivity index (χ4n) is 3.01. The summed E-state index contributed by atoms with van der Waals surface area (Å²) in [5.74, 6) is 1.70. The van der Waals surface area contributed by atoms with Crippen molar-refractivity contribution in [3.63, 3.8) is 0 Å². The SMILES string of the molecule is Cc1ccc(OC(C)(C)C(=O)N2CCC[C@H]2c2nc(C)no2)cc1. The van der Waals surface area contributed by atoms with Crippen LogP contribution in [0.4, 0.5) is 0 Å². The van der Waals surface area contributed by atoms with Crippen LogP contribution in [0.3, 0.4) is 0 Å². The Balaban J connectivity index is 1.77. The maximum atomic E-state index is 13.0. The van der Waals surface area contributed by atoms with Gasteiger partial charge in [-0.15, -0.1) is 0 Å². The lowest BCUT2D eigenvalue weighted by atomic mass is 10.1. The second-order valence-corrected chi connectivity index (χ2v) is 6.76. The van der Waals surface area contributed by atoms with Crippen molar-refractivity contribution in [2.24, 2.45) is 0 Å². The Kier molecular flexibility index (Phi) is 4.30. The van der Waals surface area contributed by atoms with Crippen LogP contribution in [0.15, 0.2) is 28.8 Å². The van der Waals surface area contributed by atoms with Crippen LogP contribution in [0.25, 0.3) is 0 Å². The van der Waals surface area contributed by atoms with Gasteiger partial charge in [-0.25, -0.2) is 0 Å². The number of amides is 1. The number of aromatic nitrogens is 2. The molecule has 2 heterocycles. The molecule has 0 spiro atoms. The Morgan fingerprint density at radius 3 is 2.62 bits per heavy atom. The summed E-state index contributed by atoms with van der Waals surface area (Å²) in [6, 6.07) is 7.53. The Labute approximate surface area is 141 Å². The van der Waals surface area contributed by atoms with Crippen LogP contribution in [0.5, 0.6) is 5.75 Å². The van der Waals surface area contributed by atoms with Gasteiger partial charge < -0.3 is 14.2 Å². The molecule has 3 rings (SSSR count). The van der Waals surface area contributed by atoms with Gasteiger partial charge in [0.15, 0.2) is 11.4 Å². The van der Waals surface area contributed by atoms with E-state index in [9.17, 15) is 4.79 Å². The molecule has 1 aliphatic rings. The van der Waals surface area contributed by atoms with Crippen molar-refractivity contribution in [3.8, 4) is 5.75 Å². The molecule has 1 aliphatic heterocycles. The van der Waals surface area contributed by atoms with Gasteiger partial charge in [0.1, 0.15) is 11.8 Å². The van der Waals surface area contributed by atoms with Gasteiger partial charge in [-0.2, -0.15) is 4.98 Å². The zero-order chi connectivity index (χ0) is 17.3. The number of hydrogen-bond acceptors (Lipinski definition) is 5. The molecule has 0 radical (unpaired) electrons. The molecule has 1 fully saturated rings. The highest BCUT2D eigenvalue weighted by molar-refractivity contribution is 5.85. The van der Waals surface area contributed by atoms with Crippen molar-refractivity contribution in [1.82, 2.24) is 15.0 Å². The van der Waals surface area contributed by atoms with E-state index in [0.29, 0.717) is 24.0 Å². The smallest absolute Gasteiger partial charge is 0.266 e. The topological polar surface area (TPSA) is 68.5 Å². The van der Waals surface area contributed by atoms with Crippen LogP contribution in [-0.2, 0) is 4.79 Å². The molecule has 1 amide bonds. The summed E-state index contributed by atoms with van der Waals surface area (Å²) in [4.78, 5) is 19.1. The number of hydrogen-bond donors (Lipinski definition) is 0. The first kappa shape index (κ1) is 16.5. The zero-order valence-corrected chi connectivity index (χ0v) is 14.6. The third-order valence-corrected chi connectivity index (χ3v) is 4.25. The molecule has 0 N–H and O–H groups in total. The molecule has 1 aromatic carbocycles. The van der Waals surface area contributed by atoms with E-state index in [4.69, 9.17) is 9.26 Å². The maximum Gasteiger partial charge on any atom is 0.266 e. The van der Waals surface area contributed by atoms with E-state index in [1.165, 1.54) is 0 Å². The molecular weight excluding hydrogens is 306 g/mol. The molecule has 0 bridgehead atoms. The van der Waals surface area contributed by atoms with E-state index >= 15 is 0 Å². The highest BCUT2D eigenvalue weighted by Crippen LogP contribution is 2.33. The van der Waals surface area contributed by atoms with Crippen LogP contribution >= 0.6 is 0 Å². The zero-order valence-electron chi connectivity index (χ0n) is 14.6. The van der Waals surface area contributed by atoms with Gasteiger partial charge in [-0.05, 0) is 52.7 Å². The number of carbonyl (C=O) groups excluding carboxylic acids is 1. The predicted molar refractivity (Wildman–Crippen MR) is 88.6 cm³/mol. The van der Waals surface area contributed by atoms with Gasteiger partial charge in [0.2, 0.25) is 5.89 Å². The number of ether oxygens (including phenoxy) is 1. The largest absolute Gasteiger partial charge is 0.478 e. The normalized spacial score (nSPS) is 18.0. The van der Waals surface area contributed by atoms with Crippen molar-refractivity contribution in [3.05, 3.63) is 41.5 Å². The predicted octanol–water partition coefficient (Wildman–Crippen LogP) is 3.21. The number of carbonyl (C=O) groups is 1. The fourth-order valence-corrected chi connectivity index (χ4v) is 3.01. The van der Waals surface area contributed by atoms with Crippen molar-refractivity contribution in [2.75, 3.05) is 6.54 Å². The third-order valence-electron chi connectivity index (χ3n) is 4.25. The first-order valence-corrected chi connectivity index (χ1v) is 8.24. The molecule has 1 saturated heterocycles. The molecule has 0 saturated carbocycles. The molecule has 1 aromatic heterocycles. The molecule has 6 nitrogen and oxygen atoms in total. The Morgan fingerprint density at radius 2 is 2.00 bits per heavy atom. The standard InChI is InChI=1S/C18H23N3O3/c1-12-7-9-14(10-8-12)23-18(3,4)17(22)21-11-5-6-15(21)16-19-13(2)20-24-16/h7-10,15H,5-6,11H2,1-4H3/t15-/m0/s1. The molecule has 2 aromatic rings. The number of likely N-dealkylation sites (tertiary alicyclic amines) is 1. The Morgan fingerprint density at radius 1 is 1.29 bits per heavy atom. The highest BCUT2D eigenvalue weighted by Gasteiger charge is 2.41. The van der Waals surface area contributed by atoms with Crippen LogP contribution in [0.1, 0.15) is 50.0 Å². The fraction of sp³-hybridized carbons (Fsp3) is 0.500. The van der Waals surface area contributed by atoms with Crippen LogP contribution in [0.2, 0.25) is 0 Å². The monoisotopic (exact) mass is 329 g/mol. The van der Waals surface area contributed by atoms with Crippen molar-refractivity contribution in [1.29, 1.82) is 0 Å². The summed E-state index contributed by atoms with van der Waals surface area (Å²) in [7, 11) is 0. The molecule has 0 unspecified atom stereocenters. The Hall–Kier alpha value is -2.37. The average Bonchev–Trinajstić information content (AvgIpc) is 3.17. The molecule has 0 aliphatic carbocycles. The molecule has 6 heteroatoms. The van der Waals surface area contributed by atoms with Crippen LogP contribution in [0, 0.1) is 13.8 Å². The second kappa shape index (κ2) is 6.26. The van der Waals surface area contributed by atoms with E-state index in [-0.39, 0.29) is 11.9 Å². The van der Waals surface area contributed by atoms with E-state index in [1.54, 1.807) is 25.7 Å². The second-order valence-electron chi connectivity index (χ2n) is 6.76. The van der Waals surface area contributed by atoms with Gasteiger partial charge in [0.05, 0.1) is 0 Å². The summed E-state index contributed by atoms with van der Waals surface area (Å²) in [6.45, 7) is 8.05. The van der Waals surface area contributed by atoms with Crippen molar-refractivity contribution >= 4 is 5.91 Å². The van der Waals surface area contributed by atoms with E-state index < -0.39 is 5.60 Å². The van der Waals surface area contributed by atoms with Gasteiger partial charge in [-0.1, -0.05) is 22.9 Å². The van der Waals surface area contributed by atoms with Crippen molar-refractivity contribution < 1.29 is 14.1 Å². The lowest BCUT2D eigenvalue weighted by molar-refractivity contribution is -0.147. The number of rotatable bonds is 4. The van der Waals surface area contributed by atoms with E-state index in [0.717, 1.165) is 18.4 Å². The lowest BCUT2D eigenvalue weighted by Crippen LogP contribution is -2.48. The maximum absolute atomic E-state index is 13.0. The van der Waals surface area contributed by atoms with Gasteiger partial charge in [-0.3, -0.25) is 4.79 Å². The first-order valence-electron chi connectivity index (χ1n) is 8.24. The van der Waals surface area contributed by atoms with Crippen molar-refractivity contribution in [2.45, 2.75) is 52.2 Å². The number of aryl methyl sites for hydroxylation is 2. The third kappa shape index (κ3) is 3.27. The summed E-state index contributed by atoms with van der Waals surface area (Å²) < 4.78 is 11.2. The van der Waals surface area contributed by atoms with Gasteiger partial charge in [0.25, 0.3) is 5.91 Å². The van der Waals surface area contributed by atoms with E-state index in [1.807, 2.05) is 31.2 Å². The molecular formula is C18H23N3O3. The lowest BCUT2D eigenvalue weighted by Gasteiger charge is -2.32. The first-order chi connectivity index (χ1) is 11.4. The molecule has 1 atom stereocenters. The highest BCUT2D eigenvalue weighted by atomic mass is 16.5. The summed E-state index contributed by atoms with van der Waals surface area (Å²) >= 11 is 0. The number of nitrogens with zero attached hydrogens (tertiary/aromatic N) is 3. The summed E-state index contributed by atoms with van der Waals surface area (Å²) in [5.41, 5.74) is 0.185. The van der Waals surface area contributed by atoms with Gasteiger partial charge >= 0.3 is 0 Å². The summed E-state index contributed by atoms with van der Waals surface area (Å²) in [5, 5.41) is 3.84. The van der Waals surface area contributed by atoms with Gasteiger partial charge in [0, 0.05) is 6.54 Å². The van der Waals surface area contributed by atoms with Crippen LogP contribution < -0.4 is 4.74 Å².